The zero-order valence-electron chi connectivity index (χ0n) is 13.6. The predicted molar refractivity (Wildman–Crippen MR) is 76.9 cm³/mol. The highest BCUT2D eigenvalue weighted by atomic mass is 16.7. The molecule has 0 radical (unpaired) electrons. The number of piperidine rings is 1. The molecule has 2 aliphatic rings. The summed E-state index contributed by atoms with van der Waals surface area (Å²) in [5.41, 5.74) is -1.61. The van der Waals surface area contributed by atoms with Gasteiger partial charge in [-0.15, -0.1) is 0 Å². The first-order chi connectivity index (χ1) is 9.53. The fraction of sp³-hybridized carbons (Fsp3) is 0.933. The molecule has 1 unspecified atom stereocenters. The molecule has 2 rings (SSSR count). The molecule has 0 aromatic rings. The molecule has 122 valence electrons. The van der Waals surface area contributed by atoms with Crippen LogP contribution in [0, 0.1) is 0 Å². The van der Waals surface area contributed by atoms with Gasteiger partial charge in [-0.2, -0.15) is 0 Å². The summed E-state index contributed by atoms with van der Waals surface area (Å²) in [6.07, 6.45) is 0.650. The van der Waals surface area contributed by atoms with Gasteiger partial charge in [0.15, 0.2) is 5.79 Å². The number of aliphatic hydroxyl groups is 1. The van der Waals surface area contributed by atoms with Crippen LogP contribution in [0.1, 0.15) is 47.5 Å². The molecule has 0 bridgehead atoms. The van der Waals surface area contributed by atoms with Crippen molar-refractivity contribution in [3.63, 3.8) is 0 Å². The standard InChI is InChI=1S/C15H27NO5/c1-13(2,3)21-12(17)16-7-6-15(19-8-9-20-15)10-11(16)14(4,5)18/h11,18H,6-10H2,1-5H3. The third-order valence-electron chi connectivity index (χ3n) is 3.87. The van der Waals surface area contributed by atoms with E-state index in [2.05, 4.69) is 0 Å². The Hall–Kier alpha value is -0.850. The zero-order chi connectivity index (χ0) is 15.9. The molecule has 0 saturated carbocycles. The molecule has 1 spiro atoms. The Labute approximate surface area is 126 Å². The van der Waals surface area contributed by atoms with Gasteiger partial charge in [-0.05, 0) is 34.6 Å². The van der Waals surface area contributed by atoms with Gasteiger partial charge >= 0.3 is 6.09 Å². The lowest BCUT2D eigenvalue weighted by molar-refractivity contribution is -0.210. The first kappa shape index (κ1) is 16.5. The van der Waals surface area contributed by atoms with Crippen molar-refractivity contribution in [3.05, 3.63) is 0 Å². The second kappa shape index (κ2) is 5.41. The zero-order valence-corrected chi connectivity index (χ0v) is 13.6. The number of nitrogens with zero attached hydrogens (tertiary/aromatic N) is 1. The van der Waals surface area contributed by atoms with Crippen LogP contribution in [-0.2, 0) is 14.2 Å². The van der Waals surface area contributed by atoms with E-state index in [1.165, 1.54) is 0 Å². The first-order valence-electron chi connectivity index (χ1n) is 7.52. The highest BCUT2D eigenvalue weighted by Crippen LogP contribution is 2.38. The molecule has 6 heteroatoms. The summed E-state index contributed by atoms with van der Waals surface area (Å²) >= 11 is 0. The van der Waals surface area contributed by atoms with Gasteiger partial charge in [0.2, 0.25) is 0 Å². The fourth-order valence-corrected chi connectivity index (χ4v) is 2.88. The first-order valence-corrected chi connectivity index (χ1v) is 7.52. The Balaban J connectivity index is 2.15. The minimum Gasteiger partial charge on any atom is -0.444 e. The summed E-state index contributed by atoms with van der Waals surface area (Å²) < 4.78 is 16.9. The van der Waals surface area contributed by atoms with E-state index in [0.29, 0.717) is 32.6 Å². The number of likely N-dealkylation sites (tertiary alicyclic amines) is 1. The molecular weight excluding hydrogens is 274 g/mol. The van der Waals surface area contributed by atoms with Crippen LogP contribution in [0.3, 0.4) is 0 Å². The van der Waals surface area contributed by atoms with Gasteiger partial charge in [-0.25, -0.2) is 4.79 Å². The van der Waals surface area contributed by atoms with E-state index in [1.807, 2.05) is 20.8 Å². The van der Waals surface area contributed by atoms with Crippen molar-refractivity contribution in [2.45, 2.75) is 70.5 Å². The Bertz CT molecular complexity index is 390. The van der Waals surface area contributed by atoms with E-state index in [1.54, 1.807) is 18.7 Å². The summed E-state index contributed by atoms with van der Waals surface area (Å²) in [5.74, 6) is -0.664. The molecule has 2 fully saturated rings. The molecule has 1 N–H and O–H groups in total. The van der Waals surface area contributed by atoms with E-state index in [-0.39, 0.29) is 0 Å². The summed E-state index contributed by atoms with van der Waals surface area (Å²) in [5, 5.41) is 10.4. The normalized spacial score (nSPS) is 26.2. The van der Waals surface area contributed by atoms with E-state index in [4.69, 9.17) is 14.2 Å². The molecular formula is C15H27NO5. The maximum absolute atomic E-state index is 12.4. The molecule has 0 aromatic heterocycles. The Morgan fingerprint density at radius 3 is 2.29 bits per heavy atom. The van der Waals surface area contributed by atoms with Gasteiger partial charge < -0.3 is 24.2 Å². The van der Waals surface area contributed by atoms with Gasteiger partial charge in [0, 0.05) is 19.4 Å². The van der Waals surface area contributed by atoms with Crippen LogP contribution < -0.4 is 0 Å². The Kier molecular flexibility index (Phi) is 4.26. The van der Waals surface area contributed by atoms with Crippen molar-refractivity contribution >= 4 is 6.09 Å². The molecule has 0 aromatic carbocycles. The highest BCUT2D eigenvalue weighted by Gasteiger charge is 2.50. The molecule has 2 aliphatic heterocycles. The van der Waals surface area contributed by atoms with E-state index in [0.717, 1.165) is 0 Å². The van der Waals surface area contributed by atoms with Gasteiger partial charge in [0.25, 0.3) is 0 Å². The quantitative estimate of drug-likeness (QED) is 0.801. The summed E-state index contributed by atoms with van der Waals surface area (Å²) in [7, 11) is 0. The average Bonchev–Trinajstić information content (AvgIpc) is 2.74. The van der Waals surface area contributed by atoms with Gasteiger partial charge in [-0.1, -0.05) is 0 Å². The van der Waals surface area contributed by atoms with Gasteiger partial charge in [0.05, 0.1) is 24.9 Å². The molecule has 1 amide bonds. The smallest absolute Gasteiger partial charge is 0.410 e. The van der Waals surface area contributed by atoms with E-state index in [9.17, 15) is 9.90 Å². The lowest BCUT2D eigenvalue weighted by Crippen LogP contribution is -2.61. The number of ether oxygens (including phenoxy) is 3. The van der Waals surface area contributed by atoms with Gasteiger partial charge in [0.1, 0.15) is 5.60 Å². The number of hydrogen-bond acceptors (Lipinski definition) is 5. The lowest BCUT2D eigenvalue weighted by Gasteiger charge is -2.47. The summed E-state index contributed by atoms with van der Waals surface area (Å²) in [4.78, 5) is 14.0. The lowest BCUT2D eigenvalue weighted by atomic mass is 9.86. The largest absolute Gasteiger partial charge is 0.444 e. The minimum absolute atomic E-state index is 0.400. The Morgan fingerprint density at radius 1 is 1.24 bits per heavy atom. The van der Waals surface area contributed by atoms with E-state index < -0.39 is 29.1 Å². The van der Waals surface area contributed by atoms with Crippen LogP contribution >= 0.6 is 0 Å². The van der Waals surface area contributed by atoms with Crippen molar-refractivity contribution in [2.24, 2.45) is 0 Å². The fourth-order valence-electron chi connectivity index (χ4n) is 2.88. The number of carbonyl (C=O) groups is 1. The maximum atomic E-state index is 12.4. The van der Waals surface area contributed by atoms with Crippen molar-refractivity contribution in [1.29, 1.82) is 0 Å². The third kappa shape index (κ3) is 3.87. The molecule has 2 saturated heterocycles. The second-order valence-electron chi connectivity index (χ2n) is 7.40. The van der Waals surface area contributed by atoms with Crippen LogP contribution in [0.4, 0.5) is 4.79 Å². The highest BCUT2D eigenvalue weighted by molar-refractivity contribution is 5.69. The van der Waals surface area contributed by atoms with Crippen molar-refractivity contribution in [3.8, 4) is 0 Å². The van der Waals surface area contributed by atoms with Crippen LogP contribution in [0.2, 0.25) is 0 Å². The maximum Gasteiger partial charge on any atom is 0.410 e. The van der Waals surface area contributed by atoms with Crippen LogP contribution in [0.5, 0.6) is 0 Å². The molecule has 1 atom stereocenters. The molecule has 6 nitrogen and oxygen atoms in total. The molecule has 0 aliphatic carbocycles. The summed E-state index contributed by atoms with van der Waals surface area (Å²) in [6.45, 7) is 10.5. The minimum atomic E-state index is -1.06. The Morgan fingerprint density at radius 2 is 1.81 bits per heavy atom. The number of hydrogen-bond donors (Lipinski definition) is 1. The van der Waals surface area contributed by atoms with Crippen LogP contribution in [0.25, 0.3) is 0 Å². The predicted octanol–water partition coefficient (Wildman–Crippen LogP) is 1.90. The number of carbonyl (C=O) groups excluding carboxylic acids is 1. The second-order valence-corrected chi connectivity index (χ2v) is 7.40. The SMILES string of the molecule is CC(C)(C)OC(=O)N1CCC2(CC1C(C)(C)O)OCCO2. The van der Waals surface area contributed by atoms with Crippen molar-refractivity contribution in [1.82, 2.24) is 4.90 Å². The van der Waals surface area contributed by atoms with E-state index >= 15 is 0 Å². The third-order valence-corrected chi connectivity index (χ3v) is 3.87. The monoisotopic (exact) mass is 301 g/mol. The van der Waals surface area contributed by atoms with Gasteiger partial charge in [-0.3, -0.25) is 0 Å². The number of rotatable bonds is 1. The van der Waals surface area contributed by atoms with Crippen molar-refractivity contribution in [2.75, 3.05) is 19.8 Å². The summed E-state index contributed by atoms with van der Waals surface area (Å²) in [6, 6.07) is -0.404. The topological polar surface area (TPSA) is 68.2 Å². The molecule has 2 heterocycles. The van der Waals surface area contributed by atoms with Crippen molar-refractivity contribution < 1.29 is 24.1 Å². The average molecular weight is 301 g/mol. The number of amides is 1. The van der Waals surface area contributed by atoms with Crippen LogP contribution in [0.15, 0.2) is 0 Å². The molecule has 21 heavy (non-hydrogen) atoms. The van der Waals surface area contributed by atoms with Crippen LogP contribution in [-0.4, -0.2) is 58.9 Å².